The maximum Gasteiger partial charge on any atom is 0.162 e. The van der Waals surface area contributed by atoms with Gasteiger partial charge in [-0.1, -0.05) is 19.1 Å². The Morgan fingerprint density at radius 3 is 2.56 bits per heavy atom. The summed E-state index contributed by atoms with van der Waals surface area (Å²) in [6.07, 6.45) is 1.47. The standard InChI is InChI=1S/C14H20O2/c1-5-7-13(15)11-8-6-9-12(10-11)16-14(2,3)4/h6,8-10H,5,7H2,1-4H3. The molecule has 0 unspecified atom stereocenters. The SMILES string of the molecule is CCCC(=O)c1cccc(OC(C)(C)C)c1. The van der Waals surface area contributed by atoms with Gasteiger partial charge in [0.1, 0.15) is 11.4 Å². The van der Waals surface area contributed by atoms with E-state index in [-0.39, 0.29) is 11.4 Å². The number of hydrogen-bond donors (Lipinski definition) is 0. The Kier molecular flexibility index (Phi) is 4.11. The normalized spacial score (nSPS) is 11.2. The molecule has 0 fully saturated rings. The largest absolute Gasteiger partial charge is 0.488 e. The Morgan fingerprint density at radius 2 is 2.00 bits per heavy atom. The van der Waals surface area contributed by atoms with E-state index in [0.29, 0.717) is 6.42 Å². The molecule has 0 amide bonds. The summed E-state index contributed by atoms with van der Waals surface area (Å²) in [5, 5.41) is 0. The Morgan fingerprint density at radius 1 is 1.31 bits per heavy atom. The first-order chi connectivity index (χ1) is 7.42. The van der Waals surface area contributed by atoms with Crippen LogP contribution in [0.3, 0.4) is 0 Å². The van der Waals surface area contributed by atoms with Crippen LogP contribution in [0.5, 0.6) is 5.75 Å². The predicted octanol–water partition coefficient (Wildman–Crippen LogP) is 3.85. The molecule has 1 rings (SSSR count). The number of benzene rings is 1. The zero-order valence-electron chi connectivity index (χ0n) is 10.5. The van der Waals surface area contributed by atoms with Crippen LogP contribution in [0.4, 0.5) is 0 Å². The van der Waals surface area contributed by atoms with Crippen molar-refractivity contribution in [1.29, 1.82) is 0 Å². The second-order valence-corrected chi connectivity index (χ2v) is 4.92. The lowest BCUT2D eigenvalue weighted by Gasteiger charge is -2.21. The molecule has 2 heteroatoms. The maximum absolute atomic E-state index is 11.7. The molecule has 0 atom stereocenters. The highest BCUT2D eigenvalue weighted by molar-refractivity contribution is 5.96. The first kappa shape index (κ1) is 12.8. The van der Waals surface area contributed by atoms with Crippen molar-refractivity contribution in [2.24, 2.45) is 0 Å². The van der Waals surface area contributed by atoms with Crippen LogP contribution in [0, 0.1) is 0 Å². The highest BCUT2D eigenvalue weighted by Crippen LogP contribution is 2.20. The van der Waals surface area contributed by atoms with Gasteiger partial charge in [-0.2, -0.15) is 0 Å². The molecule has 0 saturated heterocycles. The van der Waals surface area contributed by atoms with Crippen LogP contribution < -0.4 is 4.74 Å². The molecule has 2 nitrogen and oxygen atoms in total. The third-order valence-electron chi connectivity index (χ3n) is 2.06. The Labute approximate surface area is 97.6 Å². The summed E-state index contributed by atoms with van der Waals surface area (Å²) in [5.41, 5.74) is 0.510. The first-order valence-electron chi connectivity index (χ1n) is 5.74. The number of carbonyl (C=O) groups is 1. The fourth-order valence-electron chi connectivity index (χ4n) is 1.46. The van der Waals surface area contributed by atoms with E-state index in [1.165, 1.54) is 0 Å². The molecule has 0 aliphatic rings. The third-order valence-corrected chi connectivity index (χ3v) is 2.06. The second kappa shape index (κ2) is 5.15. The van der Waals surface area contributed by atoms with Gasteiger partial charge in [-0.15, -0.1) is 0 Å². The van der Waals surface area contributed by atoms with Crippen LogP contribution >= 0.6 is 0 Å². The van der Waals surface area contributed by atoms with Crippen molar-refractivity contribution in [3.8, 4) is 5.75 Å². The van der Waals surface area contributed by atoms with Crippen molar-refractivity contribution in [3.05, 3.63) is 29.8 Å². The van der Waals surface area contributed by atoms with Gasteiger partial charge in [0.2, 0.25) is 0 Å². The number of hydrogen-bond acceptors (Lipinski definition) is 2. The van der Waals surface area contributed by atoms with Gasteiger partial charge >= 0.3 is 0 Å². The minimum absolute atomic E-state index is 0.182. The van der Waals surface area contributed by atoms with Crippen molar-refractivity contribution < 1.29 is 9.53 Å². The van der Waals surface area contributed by atoms with Crippen molar-refractivity contribution >= 4 is 5.78 Å². The molecular formula is C14H20O2. The highest BCUT2D eigenvalue weighted by atomic mass is 16.5. The monoisotopic (exact) mass is 220 g/mol. The Bertz CT molecular complexity index is 361. The fraction of sp³-hybridized carbons (Fsp3) is 0.500. The van der Waals surface area contributed by atoms with Gasteiger partial charge in [-0.3, -0.25) is 4.79 Å². The van der Waals surface area contributed by atoms with Crippen LogP contribution in [0.15, 0.2) is 24.3 Å². The van der Waals surface area contributed by atoms with Gasteiger partial charge in [-0.25, -0.2) is 0 Å². The summed E-state index contributed by atoms with van der Waals surface area (Å²) in [7, 11) is 0. The molecule has 0 N–H and O–H groups in total. The van der Waals surface area contributed by atoms with E-state index in [9.17, 15) is 4.79 Å². The zero-order valence-corrected chi connectivity index (χ0v) is 10.5. The summed E-state index contributed by atoms with van der Waals surface area (Å²) in [4.78, 5) is 11.7. The summed E-state index contributed by atoms with van der Waals surface area (Å²) in [6, 6.07) is 7.41. The number of rotatable bonds is 4. The molecule has 0 heterocycles. The van der Waals surface area contributed by atoms with Crippen molar-refractivity contribution in [1.82, 2.24) is 0 Å². The van der Waals surface area contributed by atoms with Gasteiger partial charge in [-0.05, 0) is 39.3 Å². The quantitative estimate of drug-likeness (QED) is 0.720. The lowest BCUT2D eigenvalue weighted by molar-refractivity contribution is 0.0978. The Balaban J connectivity index is 2.83. The number of ketones is 1. The molecular weight excluding hydrogens is 200 g/mol. The van der Waals surface area contributed by atoms with Crippen molar-refractivity contribution in [3.63, 3.8) is 0 Å². The highest BCUT2D eigenvalue weighted by Gasteiger charge is 2.13. The second-order valence-electron chi connectivity index (χ2n) is 4.92. The smallest absolute Gasteiger partial charge is 0.162 e. The predicted molar refractivity (Wildman–Crippen MR) is 66.1 cm³/mol. The van der Waals surface area contributed by atoms with Crippen molar-refractivity contribution in [2.45, 2.75) is 46.1 Å². The molecule has 1 aromatic carbocycles. The molecule has 1 aromatic rings. The van der Waals surface area contributed by atoms with Crippen LogP contribution in [-0.4, -0.2) is 11.4 Å². The number of carbonyl (C=O) groups excluding carboxylic acids is 1. The van der Waals surface area contributed by atoms with E-state index in [1.807, 2.05) is 52.0 Å². The molecule has 0 aliphatic heterocycles. The molecule has 0 spiro atoms. The molecule has 0 radical (unpaired) electrons. The minimum atomic E-state index is -0.230. The molecule has 0 bridgehead atoms. The van der Waals surface area contributed by atoms with Crippen LogP contribution in [0.2, 0.25) is 0 Å². The molecule has 0 saturated carbocycles. The van der Waals surface area contributed by atoms with Crippen LogP contribution in [0.25, 0.3) is 0 Å². The van der Waals surface area contributed by atoms with Gasteiger partial charge < -0.3 is 4.74 Å². The number of ether oxygens (including phenoxy) is 1. The summed E-state index contributed by atoms with van der Waals surface area (Å²) in [6.45, 7) is 7.99. The lowest BCUT2D eigenvalue weighted by Crippen LogP contribution is -2.23. The minimum Gasteiger partial charge on any atom is -0.488 e. The summed E-state index contributed by atoms with van der Waals surface area (Å²) >= 11 is 0. The first-order valence-corrected chi connectivity index (χ1v) is 5.74. The topological polar surface area (TPSA) is 26.3 Å². The molecule has 16 heavy (non-hydrogen) atoms. The van der Waals surface area contributed by atoms with E-state index in [0.717, 1.165) is 17.7 Å². The van der Waals surface area contributed by atoms with E-state index < -0.39 is 0 Å². The molecule has 0 aromatic heterocycles. The fourth-order valence-corrected chi connectivity index (χ4v) is 1.46. The van der Waals surface area contributed by atoms with E-state index in [1.54, 1.807) is 0 Å². The van der Waals surface area contributed by atoms with Crippen molar-refractivity contribution in [2.75, 3.05) is 0 Å². The maximum atomic E-state index is 11.7. The molecule has 88 valence electrons. The van der Waals surface area contributed by atoms with E-state index in [2.05, 4.69) is 0 Å². The van der Waals surface area contributed by atoms with Gasteiger partial charge in [0, 0.05) is 12.0 Å². The lowest BCUT2D eigenvalue weighted by atomic mass is 10.1. The number of Topliss-reactive ketones (excluding diaryl/α,β-unsaturated/α-hetero) is 1. The van der Waals surface area contributed by atoms with Crippen LogP contribution in [0.1, 0.15) is 50.9 Å². The Hall–Kier alpha value is -1.31. The van der Waals surface area contributed by atoms with E-state index in [4.69, 9.17) is 4.74 Å². The van der Waals surface area contributed by atoms with Crippen LogP contribution in [-0.2, 0) is 0 Å². The molecule has 0 aliphatic carbocycles. The summed E-state index contributed by atoms with van der Waals surface area (Å²) in [5.74, 6) is 0.941. The average Bonchev–Trinajstić information content (AvgIpc) is 2.16. The van der Waals surface area contributed by atoms with Gasteiger partial charge in [0.25, 0.3) is 0 Å². The van der Waals surface area contributed by atoms with Gasteiger partial charge in [0.05, 0.1) is 0 Å². The zero-order chi connectivity index (χ0) is 12.2. The average molecular weight is 220 g/mol. The van der Waals surface area contributed by atoms with Gasteiger partial charge in [0.15, 0.2) is 5.78 Å². The summed E-state index contributed by atoms with van der Waals surface area (Å²) < 4.78 is 5.72. The van der Waals surface area contributed by atoms with E-state index >= 15 is 0 Å². The third kappa shape index (κ3) is 4.05.